The highest BCUT2D eigenvalue weighted by Gasteiger charge is 2.22. The van der Waals surface area contributed by atoms with E-state index in [0.717, 1.165) is 33.8 Å². The van der Waals surface area contributed by atoms with Crippen LogP contribution in [0, 0.1) is 0 Å². The predicted octanol–water partition coefficient (Wildman–Crippen LogP) is 2.54. The van der Waals surface area contributed by atoms with Crippen molar-refractivity contribution < 1.29 is 4.79 Å². The molecule has 0 fully saturated rings. The number of carbonyl (C=O) groups is 1. The number of anilines is 2. The van der Waals surface area contributed by atoms with Gasteiger partial charge in [0.1, 0.15) is 5.65 Å². The van der Waals surface area contributed by atoms with E-state index < -0.39 is 0 Å². The number of amides is 1. The van der Waals surface area contributed by atoms with Crippen molar-refractivity contribution >= 4 is 22.9 Å². The van der Waals surface area contributed by atoms with Crippen LogP contribution < -0.4 is 10.6 Å². The number of pyridine rings is 1. The lowest BCUT2D eigenvalue weighted by Gasteiger charge is -2.08. The van der Waals surface area contributed by atoms with Crippen molar-refractivity contribution in [3.8, 4) is 11.3 Å². The average molecular weight is 278 g/mol. The zero-order valence-corrected chi connectivity index (χ0v) is 11.6. The van der Waals surface area contributed by atoms with Crippen molar-refractivity contribution in [2.75, 3.05) is 17.7 Å². The molecule has 2 aromatic heterocycles. The highest BCUT2D eigenvalue weighted by atomic mass is 16.1. The molecule has 0 radical (unpaired) electrons. The third kappa shape index (κ3) is 1.78. The number of imidazole rings is 1. The van der Waals surface area contributed by atoms with E-state index in [4.69, 9.17) is 0 Å². The molecule has 5 nitrogen and oxygen atoms in total. The summed E-state index contributed by atoms with van der Waals surface area (Å²) in [5.41, 5.74) is 5.89. The van der Waals surface area contributed by atoms with Crippen molar-refractivity contribution in [1.82, 2.24) is 9.38 Å². The quantitative estimate of drug-likeness (QED) is 0.757. The van der Waals surface area contributed by atoms with Gasteiger partial charge in [0.2, 0.25) is 5.91 Å². The van der Waals surface area contributed by atoms with Crippen LogP contribution >= 0.6 is 0 Å². The maximum atomic E-state index is 11.6. The van der Waals surface area contributed by atoms with E-state index in [0.29, 0.717) is 6.42 Å². The Morgan fingerprint density at radius 2 is 2.19 bits per heavy atom. The van der Waals surface area contributed by atoms with Crippen LogP contribution in [0.2, 0.25) is 0 Å². The van der Waals surface area contributed by atoms with Crippen LogP contribution in [0.4, 0.5) is 11.4 Å². The van der Waals surface area contributed by atoms with Crippen LogP contribution in [0.5, 0.6) is 0 Å². The molecule has 0 aliphatic carbocycles. The minimum atomic E-state index is 0.0437. The van der Waals surface area contributed by atoms with Gasteiger partial charge in [-0.05, 0) is 23.8 Å². The van der Waals surface area contributed by atoms with E-state index in [1.54, 1.807) is 0 Å². The first-order valence-electron chi connectivity index (χ1n) is 6.83. The molecule has 1 aliphatic rings. The Kier molecular flexibility index (Phi) is 2.47. The van der Waals surface area contributed by atoms with Crippen molar-refractivity contribution in [3.05, 3.63) is 48.3 Å². The SMILES string of the molecule is CNc1ccc2ncc(-c3cccc4c3CC(=O)N4)n2c1. The normalized spacial score (nSPS) is 13.3. The average Bonchev–Trinajstić information content (AvgIpc) is 3.08. The standard InChI is InChI=1S/C16H14N4O/c1-17-10-5-6-15-18-8-14(20(15)9-10)11-3-2-4-13-12(11)7-16(21)19-13/h2-6,8-9,17H,7H2,1H3,(H,19,21). The minimum absolute atomic E-state index is 0.0437. The lowest BCUT2D eigenvalue weighted by atomic mass is 10.0. The summed E-state index contributed by atoms with van der Waals surface area (Å²) >= 11 is 0. The van der Waals surface area contributed by atoms with Crippen LogP contribution in [-0.2, 0) is 11.2 Å². The second-order valence-electron chi connectivity index (χ2n) is 5.10. The number of fused-ring (bicyclic) bond motifs is 2. The number of hydrogen-bond acceptors (Lipinski definition) is 3. The number of nitrogens with zero attached hydrogens (tertiary/aromatic N) is 2. The van der Waals surface area contributed by atoms with E-state index in [1.165, 1.54) is 0 Å². The van der Waals surface area contributed by atoms with Gasteiger partial charge in [-0.2, -0.15) is 0 Å². The van der Waals surface area contributed by atoms with Crippen LogP contribution in [-0.4, -0.2) is 22.3 Å². The lowest BCUT2D eigenvalue weighted by molar-refractivity contribution is -0.115. The summed E-state index contributed by atoms with van der Waals surface area (Å²) in [6.45, 7) is 0. The van der Waals surface area contributed by atoms with E-state index >= 15 is 0 Å². The molecule has 4 rings (SSSR count). The Labute approximate surface area is 121 Å². The molecule has 2 N–H and O–H groups in total. The topological polar surface area (TPSA) is 58.4 Å². The summed E-state index contributed by atoms with van der Waals surface area (Å²) in [6, 6.07) is 9.90. The Morgan fingerprint density at radius 1 is 1.29 bits per heavy atom. The molecule has 0 spiro atoms. The smallest absolute Gasteiger partial charge is 0.228 e. The fraction of sp³-hybridized carbons (Fsp3) is 0.125. The molecule has 0 saturated heterocycles. The summed E-state index contributed by atoms with van der Waals surface area (Å²) in [5, 5.41) is 6.02. The number of aromatic nitrogens is 2. The molecule has 0 atom stereocenters. The molecule has 1 aliphatic heterocycles. The highest BCUT2D eigenvalue weighted by molar-refractivity contribution is 6.01. The Balaban J connectivity index is 1.96. The monoisotopic (exact) mass is 278 g/mol. The van der Waals surface area contributed by atoms with Gasteiger partial charge in [0.15, 0.2) is 0 Å². The molecular weight excluding hydrogens is 264 g/mol. The van der Waals surface area contributed by atoms with Crippen LogP contribution in [0.3, 0.4) is 0 Å². The maximum Gasteiger partial charge on any atom is 0.228 e. The molecule has 1 aromatic carbocycles. The molecule has 3 aromatic rings. The molecule has 104 valence electrons. The minimum Gasteiger partial charge on any atom is -0.387 e. The molecular formula is C16H14N4O. The summed E-state index contributed by atoms with van der Waals surface area (Å²) in [7, 11) is 1.89. The van der Waals surface area contributed by atoms with E-state index in [1.807, 2.05) is 54.2 Å². The Bertz CT molecular complexity index is 866. The number of hydrogen-bond donors (Lipinski definition) is 2. The lowest BCUT2D eigenvalue weighted by Crippen LogP contribution is -2.03. The van der Waals surface area contributed by atoms with Crippen molar-refractivity contribution in [3.63, 3.8) is 0 Å². The van der Waals surface area contributed by atoms with Gasteiger partial charge in [-0.15, -0.1) is 0 Å². The first kappa shape index (κ1) is 12.0. The second kappa shape index (κ2) is 4.34. The summed E-state index contributed by atoms with van der Waals surface area (Å²) < 4.78 is 2.05. The largest absolute Gasteiger partial charge is 0.387 e. The van der Waals surface area contributed by atoms with Gasteiger partial charge in [0, 0.05) is 24.5 Å². The Hall–Kier alpha value is -2.82. The molecule has 5 heteroatoms. The van der Waals surface area contributed by atoms with E-state index in [9.17, 15) is 4.79 Å². The van der Waals surface area contributed by atoms with Crippen molar-refractivity contribution in [2.45, 2.75) is 6.42 Å². The first-order chi connectivity index (χ1) is 10.3. The number of rotatable bonds is 2. The van der Waals surface area contributed by atoms with Crippen LogP contribution in [0.1, 0.15) is 5.56 Å². The van der Waals surface area contributed by atoms with Crippen molar-refractivity contribution in [1.29, 1.82) is 0 Å². The van der Waals surface area contributed by atoms with E-state index in [-0.39, 0.29) is 5.91 Å². The van der Waals surface area contributed by atoms with Gasteiger partial charge in [-0.3, -0.25) is 9.20 Å². The van der Waals surface area contributed by atoms with Gasteiger partial charge >= 0.3 is 0 Å². The fourth-order valence-electron chi connectivity index (χ4n) is 2.82. The number of benzene rings is 1. The molecule has 0 unspecified atom stereocenters. The summed E-state index contributed by atoms with van der Waals surface area (Å²) in [6.07, 6.45) is 4.29. The zero-order chi connectivity index (χ0) is 14.4. The number of nitrogens with one attached hydrogen (secondary N) is 2. The van der Waals surface area contributed by atoms with Crippen LogP contribution in [0.15, 0.2) is 42.7 Å². The van der Waals surface area contributed by atoms with Crippen molar-refractivity contribution in [2.24, 2.45) is 0 Å². The van der Waals surface area contributed by atoms with Gasteiger partial charge in [-0.1, -0.05) is 12.1 Å². The Morgan fingerprint density at radius 3 is 3.05 bits per heavy atom. The summed E-state index contributed by atoms with van der Waals surface area (Å²) in [5.74, 6) is 0.0437. The zero-order valence-electron chi connectivity index (χ0n) is 11.6. The third-order valence-corrected chi connectivity index (χ3v) is 3.86. The van der Waals surface area contributed by atoms with Crippen LogP contribution in [0.25, 0.3) is 16.9 Å². The summed E-state index contributed by atoms with van der Waals surface area (Å²) in [4.78, 5) is 16.1. The molecule has 3 heterocycles. The molecule has 1 amide bonds. The molecule has 0 bridgehead atoms. The van der Waals surface area contributed by atoms with Gasteiger partial charge < -0.3 is 10.6 Å². The number of carbonyl (C=O) groups excluding carboxylic acids is 1. The predicted molar refractivity (Wildman–Crippen MR) is 82.5 cm³/mol. The highest BCUT2D eigenvalue weighted by Crippen LogP contribution is 2.33. The maximum absolute atomic E-state index is 11.6. The fourth-order valence-corrected chi connectivity index (χ4v) is 2.82. The first-order valence-corrected chi connectivity index (χ1v) is 6.83. The molecule has 0 saturated carbocycles. The molecule has 21 heavy (non-hydrogen) atoms. The van der Waals surface area contributed by atoms with Gasteiger partial charge in [0.25, 0.3) is 0 Å². The van der Waals surface area contributed by atoms with Gasteiger partial charge in [-0.25, -0.2) is 4.98 Å². The second-order valence-corrected chi connectivity index (χ2v) is 5.10. The third-order valence-electron chi connectivity index (χ3n) is 3.86. The van der Waals surface area contributed by atoms with E-state index in [2.05, 4.69) is 15.6 Å². The van der Waals surface area contributed by atoms with Gasteiger partial charge in [0.05, 0.1) is 24.0 Å².